The quantitative estimate of drug-likeness (QED) is 0.901. The highest BCUT2D eigenvalue weighted by Gasteiger charge is 2.37. The van der Waals surface area contributed by atoms with Crippen molar-refractivity contribution in [3.05, 3.63) is 29.8 Å². The van der Waals surface area contributed by atoms with Crippen LogP contribution >= 0.6 is 0 Å². The molecule has 1 fully saturated rings. The van der Waals surface area contributed by atoms with Gasteiger partial charge in [-0.2, -0.15) is 0 Å². The Morgan fingerprint density at radius 3 is 2.95 bits per heavy atom. The van der Waals surface area contributed by atoms with Gasteiger partial charge >= 0.3 is 5.97 Å². The van der Waals surface area contributed by atoms with Crippen LogP contribution in [0.15, 0.2) is 24.3 Å². The first kappa shape index (κ1) is 12.5. The molecule has 1 saturated heterocycles. The molecule has 102 valence electrons. The van der Waals surface area contributed by atoms with Crippen molar-refractivity contribution >= 4 is 5.97 Å². The van der Waals surface area contributed by atoms with Gasteiger partial charge in [-0.3, -0.25) is 9.69 Å². The number of benzene rings is 1. The van der Waals surface area contributed by atoms with E-state index in [4.69, 9.17) is 9.84 Å². The first-order chi connectivity index (χ1) is 9.15. The summed E-state index contributed by atoms with van der Waals surface area (Å²) in [6.45, 7) is 3.68. The second kappa shape index (κ2) is 4.85. The van der Waals surface area contributed by atoms with Crippen molar-refractivity contribution in [2.45, 2.75) is 31.9 Å². The van der Waals surface area contributed by atoms with Gasteiger partial charge in [-0.15, -0.1) is 0 Å². The van der Waals surface area contributed by atoms with Crippen molar-refractivity contribution in [3.63, 3.8) is 0 Å². The zero-order valence-electron chi connectivity index (χ0n) is 11.1. The smallest absolute Gasteiger partial charge is 0.308 e. The Balaban J connectivity index is 1.61. The summed E-state index contributed by atoms with van der Waals surface area (Å²) in [5.74, 6) is 0.0727. The summed E-state index contributed by atoms with van der Waals surface area (Å²) in [6, 6.07) is 8.22. The topological polar surface area (TPSA) is 49.8 Å². The normalized spacial score (nSPS) is 30.1. The number of aliphatic carboxylic acids is 1. The van der Waals surface area contributed by atoms with Gasteiger partial charge in [0.1, 0.15) is 11.9 Å². The van der Waals surface area contributed by atoms with Crippen LogP contribution in [0.5, 0.6) is 5.75 Å². The average molecular weight is 261 g/mol. The maximum atomic E-state index is 11.1. The number of carboxylic acids is 1. The number of ether oxygens (including phenoxy) is 1. The molecule has 0 spiro atoms. The van der Waals surface area contributed by atoms with Crippen molar-refractivity contribution in [1.29, 1.82) is 0 Å². The summed E-state index contributed by atoms with van der Waals surface area (Å²) in [6.07, 6.45) is 1.83. The van der Waals surface area contributed by atoms with Crippen LogP contribution in [0.1, 0.15) is 18.9 Å². The van der Waals surface area contributed by atoms with Gasteiger partial charge in [0.15, 0.2) is 0 Å². The molecule has 1 aromatic rings. The summed E-state index contributed by atoms with van der Waals surface area (Å²) in [4.78, 5) is 13.4. The molecule has 4 heteroatoms. The molecule has 0 radical (unpaired) electrons. The molecular weight excluding hydrogens is 242 g/mol. The van der Waals surface area contributed by atoms with E-state index < -0.39 is 5.97 Å². The molecule has 19 heavy (non-hydrogen) atoms. The zero-order valence-corrected chi connectivity index (χ0v) is 11.1. The number of hydrogen-bond donors (Lipinski definition) is 1. The molecule has 0 saturated carbocycles. The molecule has 2 aliphatic rings. The van der Waals surface area contributed by atoms with Gasteiger partial charge < -0.3 is 9.84 Å². The van der Waals surface area contributed by atoms with Crippen LogP contribution < -0.4 is 4.74 Å². The predicted molar refractivity (Wildman–Crippen MR) is 71.3 cm³/mol. The highest BCUT2D eigenvalue weighted by atomic mass is 16.5. The maximum Gasteiger partial charge on any atom is 0.308 e. The summed E-state index contributed by atoms with van der Waals surface area (Å²) in [5, 5.41) is 9.15. The van der Waals surface area contributed by atoms with Crippen LogP contribution in [-0.2, 0) is 11.2 Å². The van der Waals surface area contributed by atoms with E-state index in [1.54, 1.807) is 0 Å². The standard InChI is InChI=1S/C15H19NO3/c1-10-13(15(17)18)6-7-16(10)9-12-8-11-4-2-3-5-14(11)19-12/h2-5,10,12-13H,6-9H2,1H3,(H,17,18). The molecule has 2 heterocycles. The summed E-state index contributed by atoms with van der Waals surface area (Å²) >= 11 is 0. The van der Waals surface area contributed by atoms with Gasteiger partial charge in [0.25, 0.3) is 0 Å². The molecule has 3 unspecified atom stereocenters. The Morgan fingerprint density at radius 1 is 1.47 bits per heavy atom. The second-order valence-corrected chi connectivity index (χ2v) is 5.52. The minimum Gasteiger partial charge on any atom is -0.488 e. The summed E-state index contributed by atoms with van der Waals surface area (Å²) < 4.78 is 5.92. The van der Waals surface area contributed by atoms with E-state index in [2.05, 4.69) is 11.0 Å². The van der Waals surface area contributed by atoms with Crippen LogP contribution in [0.3, 0.4) is 0 Å². The lowest BCUT2D eigenvalue weighted by Gasteiger charge is -2.25. The van der Waals surface area contributed by atoms with Gasteiger partial charge in [0.05, 0.1) is 5.92 Å². The third-order valence-corrected chi connectivity index (χ3v) is 4.35. The molecule has 3 rings (SSSR count). The van der Waals surface area contributed by atoms with E-state index in [0.717, 1.165) is 31.7 Å². The van der Waals surface area contributed by atoms with E-state index in [9.17, 15) is 4.79 Å². The minimum absolute atomic E-state index is 0.102. The highest BCUT2D eigenvalue weighted by molar-refractivity contribution is 5.71. The average Bonchev–Trinajstić information content (AvgIpc) is 2.94. The number of likely N-dealkylation sites (tertiary alicyclic amines) is 1. The molecule has 0 amide bonds. The molecule has 2 aliphatic heterocycles. The highest BCUT2D eigenvalue weighted by Crippen LogP contribution is 2.31. The van der Waals surface area contributed by atoms with Crippen LogP contribution in [-0.4, -0.2) is 41.2 Å². The number of para-hydroxylation sites is 1. The van der Waals surface area contributed by atoms with Crippen molar-refractivity contribution in [2.24, 2.45) is 5.92 Å². The predicted octanol–water partition coefficient (Wildman–Crippen LogP) is 1.79. The largest absolute Gasteiger partial charge is 0.488 e. The molecule has 4 nitrogen and oxygen atoms in total. The van der Waals surface area contributed by atoms with Crippen molar-refractivity contribution in [3.8, 4) is 5.75 Å². The van der Waals surface area contributed by atoms with Crippen LogP contribution in [0.4, 0.5) is 0 Å². The molecule has 0 aliphatic carbocycles. The van der Waals surface area contributed by atoms with Gasteiger partial charge in [-0.1, -0.05) is 18.2 Å². The van der Waals surface area contributed by atoms with Crippen LogP contribution in [0, 0.1) is 5.92 Å². The molecule has 1 aromatic carbocycles. The number of hydrogen-bond acceptors (Lipinski definition) is 3. The second-order valence-electron chi connectivity index (χ2n) is 5.52. The molecule has 3 atom stereocenters. The third-order valence-electron chi connectivity index (χ3n) is 4.35. The zero-order chi connectivity index (χ0) is 13.4. The van der Waals surface area contributed by atoms with Crippen molar-refractivity contribution < 1.29 is 14.6 Å². The summed E-state index contributed by atoms with van der Waals surface area (Å²) in [5.41, 5.74) is 1.26. The lowest BCUT2D eigenvalue weighted by molar-refractivity contribution is -0.142. The summed E-state index contributed by atoms with van der Waals surface area (Å²) in [7, 11) is 0. The van der Waals surface area contributed by atoms with E-state index >= 15 is 0 Å². The Bertz CT molecular complexity index is 463. The first-order valence-electron chi connectivity index (χ1n) is 6.86. The Labute approximate surface area is 113 Å². The Kier molecular flexibility index (Phi) is 3.19. The fraction of sp³-hybridized carbons (Fsp3) is 0.533. The number of carbonyl (C=O) groups is 1. The first-order valence-corrected chi connectivity index (χ1v) is 6.86. The van der Waals surface area contributed by atoms with Crippen LogP contribution in [0.25, 0.3) is 0 Å². The number of fused-ring (bicyclic) bond motifs is 1. The minimum atomic E-state index is -0.675. The van der Waals surface area contributed by atoms with Crippen molar-refractivity contribution in [2.75, 3.05) is 13.1 Å². The molecule has 1 N–H and O–H groups in total. The van der Waals surface area contributed by atoms with Gasteiger partial charge in [0, 0.05) is 19.0 Å². The third kappa shape index (κ3) is 2.32. The SMILES string of the molecule is CC1C(C(=O)O)CCN1CC1Cc2ccccc2O1. The molecule has 0 aromatic heterocycles. The van der Waals surface area contributed by atoms with Crippen LogP contribution in [0.2, 0.25) is 0 Å². The lowest BCUT2D eigenvalue weighted by atomic mass is 10.0. The molecular formula is C15H19NO3. The monoisotopic (exact) mass is 261 g/mol. The Morgan fingerprint density at radius 2 is 2.26 bits per heavy atom. The number of rotatable bonds is 3. The van der Waals surface area contributed by atoms with Gasteiger partial charge in [-0.25, -0.2) is 0 Å². The van der Waals surface area contributed by atoms with Gasteiger partial charge in [-0.05, 0) is 31.5 Å². The van der Waals surface area contributed by atoms with Crippen molar-refractivity contribution in [1.82, 2.24) is 4.90 Å². The number of carboxylic acid groups (broad SMARTS) is 1. The fourth-order valence-electron chi connectivity index (χ4n) is 3.21. The van der Waals surface area contributed by atoms with E-state index in [0.29, 0.717) is 0 Å². The molecule has 0 bridgehead atoms. The fourth-order valence-corrected chi connectivity index (χ4v) is 3.21. The van der Waals surface area contributed by atoms with E-state index in [-0.39, 0.29) is 18.1 Å². The van der Waals surface area contributed by atoms with E-state index in [1.165, 1.54) is 5.56 Å². The lowest BCUT2D eigenvalue weighted by Crippen LogP contribution is -2.39. The van der Waals surface area contributed by atoms with Gasteiger partial charge in [0.2, 0.25) is 0 Å². The number of nitrogens with zero attached hydrogens (tertiary/aromatic N) is 1. The Hall–Kier alpha value is -1.55. The maximum absolute atomic E-state index is 11.1. The van der Waals surface area contributed by atoms with E-state index in [1.807, 2.05) is 25.1 Å².